The zero-order chi connectivity index (χ0) is 27.1. The van der Waals surface area contributed by atoms with Gasteiger partial charge < -0.3 is 24.8 Å². The Balaban J connectivity index is 1.51. The van der Waals surface area contributed by atoms with Crippen molar-refractivity contribution in [2.24, 2.45) is 39.4 Å². The molecular formula is C30H44O7. The number of aliphatic hydroxyl groups excluding tert-OH is 3. The van der Waals surface area contributed by atoms with E-state index in [1.807, 2.05) is 27.7 Å². The summed E-state index contributed by atoms with van der Waals surface area (Å²) in [6.45, 7) is 14.2. The Morgan fingerprint density at radius 3 is 2.22 bits per heavy atom. The summed E-state index contributed by atoms with van der Waals surface area (Å²) in [7, 11) is 0. The molecule has 2 aliphatic heterocycles. The van der Waals surface area contributed by atoms with Crippen molar-refractivity contribution in [3.63, 3.8) is 0 Å². The van der Waals surface area contributed by atoms with E-state index in [9.17, 15) is 24.9 Å². The molecule has 0 amide bonds. The van der Waals surface area contributed by atoms with Crippen LogP contribution in [-0.2, 0) is 19.1 Å². The van der Waals surface area contributed by atoms with Crippen LogP contribution in [0.2, 0.25) is 0 Å². The predicted molar refractivity (Wildman–Crippen MR) is 135 cm³/mol. The van der Waals surface area contributed by atoms with Gasteiger partial charge in [0.1, 0.15) is 0 Å². The molecule has 0 radical (unpaired) electrons. The van der Waals surface area contributed by atoms with Gasteiger partial charge in [-0.3, -0.25) is 9.59 Å². The second kappa shape index (κ2) is 7.26. The van der Waals surface area contributed by atoms with E-state index in [-0.39, 0.29) is 35.9 Å². The largest absolute Gasteiger partial charge is 0.433 e. The molecule has 6 aliphatic rings. The molecule has 0 aromatic carbocycles. The summed E-state index contributed by atoms with van der Waals surface area (Å²) in [5.41, 5.74) is -2.07. The van der Waals surface area contributed by atoms with Crippen molar-refractivity contribution >= 4 is 11.8 Å². The number of ether oxygens (including phenoxy) is 2. The van der Waals surface area contributed by atoms with Crippen LogP contribution in [-0.4, -0.2) is 56.8 Å². The maximum Gasteiger partial charge on any atom is 0.311 e. The normalized spacial score (nSPS) is 56.5. The second-order valence-electron chi connectivity index (χ2n) is 14.8. The zero-order valence-corrected chi connectivity index (χ0v) is 23.4. The molecule has 7 heteroatoms. The van der Waals surface area contributed by atoms with Gasteiger partial charge in [-0.25, -0.2) is 0 Å². The smallest absolute Gasteiger partial charge is 0.311 e. The van der Waals surface area contributed by atoms with Gasteiger partial charge in [0.2, 0.25) is 5.79 Å². The molecule has 2 saturated heterocycles. The van der Waals surface area contributed by atoms with Gasteiger partial charge >= 0.3 is 5.97 Å². The molecule has 0 aromatic rings. The summed E-state index contributed by atoms with van der Waals surface area (Å²) in [4.78, 5) is 26.7. The number of ketones is 1. The van der Waals surface area contributed by atoms with E-state index in [2.05, 4.69) is 20.8 Å². The number of Topliss-reactive ketones (excluding diaryl/α,β-unsaturated/α-hetero) is 1. The molecule has 7 nitrogen and oxygen atoms in total. The molecule has 37 heavy (non-hydrogen) atoms. The van der Waals surface area contributed by atoms with E-state index in [0.29, 0.717) is 49.7 Å². The molecule has 206 valence electrons. The number of carbonyl (C=O) groups excluding carboxylic acids is 2. The number of allylic oxidation sites excluding steroid dienone is 1. The van der Waals surface area contributed by atoms with E-state index in [4.69, 9.17) is 9.47 Å². The first-order chi connectivity index (χ1) is 17.0. The SMILES string of the molecule is CC1CC2(CC(C)C3(CC(O)C4(C)C5=C(C(=O)CC34C)C3(C)CCC(O)C(C)(C)C3CC5O)O2)OC1=O. The van der Waals surface area contributed by atoms with Crippen LogP contribution in [0.3, 0.4) is 0 Å². The van der Waals surface area contributed by atoms with Crippen molar-refractivity contribution in [3.8, 4) is 0 Å². The monoisotopic (exact) mass is 516 g/mol. The van der Waals surface area contributed by atoms with Gasteiger partial charge in [0.25, 0.3) is 0 Å². The lowest BCUT2D eigenvalue weighted by Crippen LogP contribution is -2.63. The fourth-order valence-corrected chi connectivity index (χ4v) is 10.6. The van der Waals surface area contributed by atoms with Crippen molar-refractivity contribution in [2.45, 2.75) is 123 Å². The summed E-state index contributed by atoms with van der Waals surface area (Å²) in [6, 6.07) is 0. The third-order valence-corrected chi connectivity index (χ3v) is 12.8. The molecule has 2 heterocycles. The number of hydrogen-bond acceptors (Lipinski definition) is 7. The van der Waals surface area contributed by atoms with E-state index in [1.165, 1.54) is 0 Å². The maximum absolute atomic E-state index is 14.3. The van der Waals surface area contributed by atoms with Crippen molar-refractivity contribution in [3.05, 3.63) is 11.1 Å². The van der Waals surface area contributed by atoms with Crippen LogP contribution in [0.25, 0.3) is 0 Å². The summed E-state index contributed by atoms with van der Waals surface area (Å²) in [5, 5.41) is 34.6. The maximum atomic E-state index is 14.3. The van der Waals surface area contributed by atoms with Gasteiger partial charge in [-0.15, -0.1) is 0 Å². The van der Waals surface area contributed by atoms with Crippen LogP contribution in [0, 0.1) is 39.4 Å². The van der Waals surface area contributed by atoms with Crippen molar-refractivity contribution < 1.29 is 34.4 Å². The van der Waals surface area contributed by atoms with Gasteiger partial charge in [-0.05, 0) is 47.5 Å². The lowest BCUT2D eigenvalue weighted by molar-refractivity contribution is -0.254. The van der Waals surface area contributed by atoms with Crippen LogP contribution in [0.15, 0.2) is 11.1 Å². The Bertz CT molecular complexity index is 1110. The minimum atomic E-state index is -1.02. The van der Waals surface area contributed by atoms with Crippen molar-refractivity contribution in [1.82, 2.24) is 0 Å². The molecule has 11 unspecified atom stereocenters. The van der Waals surface area contributed by atoms with Crippen LogP contribution >= 0.6 is 0 Å². The van der Waals surface area contributed by atoms with Crippen molar-refractivity contribution in [1.29, 1.82) is 0 Å². The number of carbonyl (C=O) groups is 2. The molecule has 4 fully saturated rings. The standard InChI is InChI=1S/C30H44O7/c1-15-11-29(36-24(15)35)12-16(2)30(37-29)14-21(34)28(7)23-17(31)10-19-25(3,4)20(33)8-9-26(19,5)22(23)18(32)13-27(28,30)6/h15-17,19-21,31,33-34H,8-14H2,1-7H3. The van der Waals surface area contributed by atoms with Gasteiger partial charge in [0, 0.05) is 42.1 Å². The van der Waals surface area contributed by atoms with Crippen LogP contribution in [0.5, 0.6) is 0 Å². The Hall–Kier alpha value is -1.28. The Morgan fingerprint density at radius 2 is 1.59 bits per heavy atom. The van der Waals surface area contributed by atoms with E-state index in [1.54, 1.807) is 0 Å². The summed E-state index contributed by atoms with van der Waals surface area (Å²) in [5.74, 6) is -1.61. The molecule has 0 aromatic heterocycles. The highest BCUT2D eigenvalue weighted by Gasteiger charge is 2.79. The molecule has 6 rings (SSSR count). The number of rotatable bonds is 0. The van der Waals surface area contributed by atoms with E-state index >= 15 is 0 Å². The molecule has 4 aliphatic carbocycles. The number of fused-ring (bicyclic) bond motifs is 5. The lowest BCUT2D eigenvalue weighted by Gasteiger charge is -2.63. The Kier molecular flexibility index (Phi) is 5.10. The minimum Gasteiger partial charge on any atom is -0.433 e. The Morgan fingerprint density at radius 1 is 0.919 bits per heavy atom. The topological polar surface area (TPSA) is 113 Å². The fraction of sp³-hybridized carbons (Fsp3) is 0.867. The van der Waals surface area contributed by atoms with Crippen LogP contribution in [0.1, 0.15) is 93.4 Å². The van der Waals surface area contributed by atoms with E-state index in [0.717, 1.165) is 0 Å². The van der Waals surface area contributed by atoms with Gasteiger partial charge in [-0.1, -0.05) is 48.5 Å². The Labute approximate surface area is 220 Å². The average molecular weight is 517 g/mol. The lowest BCUT2D eigenvalue weighted by atomic mass is 9.42. The molecule has 2 saturated carbocycles. The van der Waals surface area contributed by atoms with Gasteiger partial charge in [0.15, 0.2) is 5.78 Å². The minimum absolute atomic E-state index is 0.0235. The highest BCUT2D eigenvalue weighted by molar-refractivity contribution is 6.00. The fourth-order valence-electron chi connectivity index (χ4n) is 10.6. The first kappa shape index (κ1) is 26.0. The second-order valence-corrected chi connectivity index (χ2v) is 14.8. The molecule has 0 bridgehead atoms. The highest BCUT2D eigenvalue weighted by Crippen LogP contribution is 2.75. The summed E-state index contributed by atoms with van der Waals surface area (Å²) in [6.07, 6.45) is 1.10. The van der Waals surface area contributed by atoms with Crippen molar-refractivity contribution in [2.75, 3.05) is 0 Å². The first-order valence-electron chi connectivity index (χ1n) is 14.2. The molecule has 2 spiro atoms. The van der Waals surface area contributed by atoms with Gasteiger partial charge in [0.05, 0.1) is 29.8 Å². The van der Waals surface area contributed by atoms with Crippen LogP contribution < -0.4 is 0 Å². The van der Waals surface area contributed by atoms with E-state index < -0.39 is 51.4 Å². The first-order valence-corrected chi connectivity index (χ1v) is 14.2. The number of hydrogen-bond donors (Lipinski definition) is 3. The zero-order valence-electron chi connectivity index (χ0n) is 23.4. The predicted octanol–water partition coefficient (Wildman–Crippen LogP) is 3.68. The number of aliphatic hydroxyl groups is 3. The summed E-state index contributed by atoms with van der Waals surface area (Å²) < 4.78 is 12.7. The quantitative estimate of drug-likeness (QED) is 0.421. The highest BCUT2D eigenvalue weighted by atomic mass is 16.7. The number of esters is 1. The summed E-state index contributed by atoms with van der Waals surface area (Å²) >= 11 is 0. The van der Waals surface area contributed by atoms with Crippen LogP contribution in [0.4, 0.5) is 0 Å². The molecule has 3 N–H and O–H groups in total. The third kappa shape index (κ3) is 2.78. The molecular weight excluding hydrogens is 472 g/mol. The molecule has 11 atom stereocenters. The van der Waals surface area contributed by atoms with Gasteiger partial charge in [-0.2, -0.15) is 0 Å². The third-order valence-electron chi connectivity index (χ3n) is 12.8. The average Bonchev–Trinajstić information content (AvgIpc) is 3.28.